The topological polar surface area (TPSA) is 55.4 Å². The molecule has 0 radical (unpaired) electrons. The van der Waals surface area contributed by atoms with Crippen molar-refractivity contribution in [1.29, 1.82) is 0 Å². The fraction of sp³-hybridized carbons (Fsp3) is 0.419. The summed E-state index contributed by atoms with van der Waals surface area (Å²) in [6.45, 7) is 8.19. The normalized spacial score (nSPS) is 23.8. The van der Waals surface area contributed by atoms with Crippen LogP contribution in [-0.2, 0) is 47.9 Å². The van der Waals surface area contributed by atoms with Crippen LogP contribution in [0.5, 0.6) is 0 Å². The minimum Gasteiger partial charge on any atom is -0.409 e. The highest BCUT2D eigenvalue weighted by Gasteiger charge is 2.49. The second kappa shape index (κ2) is 14.1. The predicted molar refractivity (Wildman–Crippen MR) is 150 cm³/mol. The number of benzene rings is 3. The van der Waals surface area contributed by atoms with Gasteiger partial charge in [-0.2, -0.15) is 0 Å². The van der Waals surface area contributed by atoms with E-state index in [2.05, 4.69) is 31.8 Å². The van der Waals surface area contributed by atoms with Crippen LogP contribution in [0.4, 0.5) is 0 Å². The van der Waals surface area contributed by atoms with Gasteiger partial charge in [0.05, 0.1) is 26.4 Å². The molecular weight excluding hydrogens is 496 g/mol. The Morgan fingerprint density at radius 1 is 0.632 bits per heavy atom. The van der Waals surface area contributed by atoms with Crippen LogP contribution in [-0.4, -0.2) is 52.7 Å². The summed E-state index contributed by atoms with van der Waals surface area (Å²) in [6.07, 6.45) is -2.30. The molecular formula is C31H40O6Si. The molecule has 1 aliphatic rings. The maximum atomic E-state index is 6.78. The zero-order valence-electron chi connectivity index (χ0n) is 22.8. The predicted octanol–water partition coefficient (Wildman–Crippen LogP) is 5.97. The number of hydrogen-bond donors (Lipinski definition) is 0. The van der Waals surface area contributed by atoms with Gasteiger partial charge < -0.3 is 28.1 Å². The molecule has 1 heterocycles. The lowest BCUT2D eigenvalue weighted by Gasteiger charge is -2.47. The van der Waals surface area contributed by atoms with Crippen LogP contribution >= 0.6 is 0 Å². The van der Waals surface area contributed by atoms with Crippen molar-refractivity contribution in [3.8, 4) is 0 Å². The number of ether oxygens (including phenoxy) is 5. The van der Waals surface area contributed by atoms with Crippen molar-refractivity contribution in [3.05, 3.63) is 108 Å². The third-order valence-corrected chi connectivity index (χ3v) is 7.26. The Morgan fingerprint density at radius 2 is 1.11 bits per heavy atom. The van der Waals surface area contributed by atoms with Gasteiger partial charge in [0.2, 0.25) is 0 Å². The molecule has 0 aliphatic carbocycles. The van der Waals surface area contributed by atoms with E-state index in [-0.39, 0.29) is 0 Å². The quantitative estimate of drug-likeness (QED) is 0.251. The largest absolute Gasteiger partial charge is 0.409 e. The van der Waals surface area contributed by atoms with Crippen molar-refractivity contribution >= 4 is 8.32 Å². The smallest absolute Gasteiger partial charge is 0.186 e. The van der Waals surface area contributed by atoms with Gasteiger partial charge in [0.25, 0.3) is 0 Å². The highest BCUT2D eigenvalue weighted by molar-refractivity contribution is 6.69. The van der Waals surface area contributed by atoms with E-state index in [1.54, 1.807) is 7.11 Å². The number of methoxy groups -OCH3 is 1. The Morgan fingerprint density at radius 3 is 1.58 bits per heavy atom. The summed E-state index contributed by atoms with van der Waals surface area (Å²) in [7, 11) is -0.372. The number of hydrogen-bond acceptors (Lipinski definition) is 6. The van der Waals surface area contributed by atoms with Gasteiger partial charge in [-0.25, -0.2) is 0 Å². The minimum atomic E-state index is -2.01. The highest BCUT2D eigenvalue weighted by atomic mass is 28.4. The summed E-state index contributed by atoms with van der Waals surface area (Å²) in [5.74, 6) is 0. The lowest BCUT2D eigenvalue weighted by Crippen LogP contribution is -2.63. The zero-order valence-corrected chi connectivity index (χ0v) is 23.8. The third-order valence-electron chi connectivity index (χ3n) is 6.28. The molecule has 3 aromatic carbocycles. The van der Waals surface area contributed by atoms with Crippen LogP contribution in [0.25, 0.3) is 0 Å². The molecule has 38 heavy (non-hydrogen) atoms. The van der Waals surface area contributed by atoms with Crippen molar-refractivity contribution in [1.82, 2.24) is 0 Å². The van der Waals surface area contributed by atoms with Gasteiger partial charge in [0.1, 0.15) is 24.4 Å². The molecule has 0 bridgehead atoms. The maximum Gasteiger partial charge on any atom is 0.186 e. The highest BCUT2D eigenvalue weighted by Crippen LogP contribution is 2.32. The Balaban J connectivity index is 1.56. The molecule has 0 aromatic heterocycles. The van der Waals surface area contributed by atoms with Crippen LogP contribution in [0.15, 0.2) is 91.0 Å². The van der Waals surface area contributed by atoms with Crippen molar-refractivity contribution in [2.24, 2.45) is 0 Å². The van der Waals surface area contributed by atoms with Crippen molar-refractivity contribution in [2.45, 2.75) is 70.2 Å². The van der Waals surface area contributed by atoms with Crippen molar-refractivity contribution < 1.29 is 28.1 Å². The first-order chi connectivity index (χ1) is 18.4. The van der Waals surface area contributed by atoms with Crippen LogP contribution in [0.2, 0.25) is 19.6 Å². The average molecular weight is 537 g/mol. The zero-order chi connectivity index (χ0) is 26.8. The summed E-state index contributed by atoms with van der Waals surface area (Å²) in [4.78, 5) is 0. The Hall–Kier alpha value is -2.36. The molecule has 0 amide bonds. The summed E-state index contributed by atoms with van der Waals surface area (Å²) in [5, 5.41) is 0. The van der Waals surface area contributed by atoms with E-state index < -0.39 is 39.0 Å². The molecule has 1 aliphatic heterocycles. The average Bonchev–Trinajstić information content (AvgIpc) is 2.92. The minimum absolute atomic E-state index is 0.338. The van der Waals surface area contributed by atoms with Gasteiger partial charge in [-0.1, -0.05) is 91.0 Å². The van der Waals surface area contributed by atoms with E-state index in [1.807, 2.05) is 78.9 Å². The SMILES string of the molecule is CO[C@H]1O[C@H](COCc2ccccc2)[C@@H](OCc2ccccc2)[C@H](O[Si](C)(C)C)[C@H]1OCc1ccccc1. The summed E-state index contributed by atoms with van der Waals surface area (Å²) < 4.78 is 38.2. The molecule has 0 spiro atoms. The Kier molecular flexibility index (Phi) is 10.7. The lowest BCUT2D eigenvalue weighted by molar-refractivity contribution is -0.312. The van der Waals surface area contributed by atoms with E-state index in [9.17, 15) is 0 Å². The molecule has 3 aromatic rings. The molecule has 5 atom stereocenters. The molecule has 7 heteroatoms. The van der Waals surface area contributed by atoms with Gasteiger partial charge in [-0.15, -0.1) is 0 Å². The van der Waals surface area contributed by atoms with Gasteiger partial charge in [-0.05, 0) is 36.3 Å². The van der Waals surface area contributed by atoms with Crippen molar-refractivity contribution in [3.63, 3.8) is 0 Å². The fourth-order valence-electron chi connectivity index (χ4n) is 4.52. The fourth-order valence-corrected chi connectivity index (χ4v) is 5.61. The molecule has 4 rings (SSSR count). The number of rotatable bonds is 13. The molecule has 0 N–H and O–H groups in total. The maximum absolute atomic E-state index is 6.78. The van der Waals surface area contributed by atoms with Gasteiger partial charge in [-0.3, -0.25) is 0 Å². The second-order valence-electron chi connectivity index (χ2n) is 10.5. The van der Waals surface area contributed by atoms with Crippen molar-refractivity contribution in [2.75, 3.05) is 13.7 Å². The molecule has 0 saturated carbocycles. The monoisotopic (exact) mass is 536 g/mol. The third kappa shape index (κ3) is 8.58. The molecule has 1 fully saturated rings. The van der Waals surface area contributed by atoms with Crippen LogP contribution in [0, 0.1) is 0 Å². The Labute approximate surface area is 227 Å². The van der Waals surface area contributed by atoms with Gasteiger partial charge >= 0.3 is 0 Å². The van der Waals surface area contributed by atoms with Gasteiger partial charge in [0.15, 0.2) is 14.6 Å². The van der Waals surface area contributed by atoms with E-state index in [0.717, 1.165) is 16.7 Å². The van der Waals surface area contributed by atoms with Crippen LogP contribution in [0.1, 0.15) is 16.7 Å². The standard InChI is InChI=1S/C31H40O6Si/c1-32-31-30(35-22-26-18-12-7-13-19-26)29(37-38(2,3)4)28(34-21-25-16-10-6-11-17-25)27(36-31)23-33-20-24-14-8-5-9-15-24/h5-19,27-31H,20-23H2,1-4H3/t27-,28-,29+,30-,31+/m1/s1. The molecule has 6 nitrogen and oxygen atoms in total. The lowest BCUT2D eigenvalue weighted by atomic mass is 9.98. The summed E-state index contributed by atoms with van der Waals surface area (Å²) in [5.41, 5.74) is 3.26. The molecule has 1 saturated heterocycles. The van der Waals surface area contributed by atoms with Crippen LogP contribution in [0.3, 0.4) is 0 Å². The summed E-state index contributed by atoms with van der Waals surface area (Å²) in [6, 6.07) is 30.4. The molecule has 204 valence electrons. The summed E-state index contributed by atoms with van der Waals surface area (Å²) >= 11 is 0. The van der Waals surface area contributed by atoms with E-state index in [1.165, 1.54) is 0 Å². The van der Waals surface area contributed by atoms with E-state index in [0.29, 0.717) is 26.4 Å². The van der Waals surface area contributed by atoms with E-state index >= 15 is 0 Å². The van der Waals surface area contributed by atoms with E-state index in [4.69, 9.17) is 28.1 Å². The first-order valence-corrected chi connectivity index (χ1v) is 16.6. The first-order valence-electron chi connectivity index (χ1n) is 13.2. The molecule has 0 unspecified atom stereocenters. The van der Waals surface area contributed by atoms with Gasteiger partial charge in [0, 0.05) is 7.11 Å². The van der Waals surface area contributed by atoms with Crippen LogP contribution < -0.4 is 0 Å². The second-order valence-corrected chi connectivity index (χ2v) is 15.0. The Bertz CT molecular complexity index is 1060. The first kappa shape index (κ1) is 28.6.